The Kier molecular flexibility index (Phi) is 5.81. The summed E-state index contributed by atoms with van der Waals surface area (Å²) in [7, 11) is 0. The van der Waals surface area contributed by atoms with E-state index in [2.05, 4.69) is 10.2 Å². The Morgan fingerprint density at radius 2 is 1.70 bits per heavy atom. The van der Waals surface area contributed by atoms with E-state index in [1.165, 1.54) is 24.3 Å². The summed E-state index contributed by atoms with van der Waals surface area (Å²) in [5, 5.41) is 18.8. The maximum Gasteiger partial charge on any atom is 0.514 e. The summed E-state index contributed by atoms with van der Waals surface area (Å²) in [6.45, 7) is 7.54. The molecule has 2 aromatic carbocycles. The highest BCUT2D eigenvalue weighted by Crippen LogP contribution is 2.37. The predicted molar refractivity (Wildman–Crippen MR) is 107 cm³/mol. The Morgan fingerprint density at radius 1 is 1.07 bits per heavy atom. The molecule has 0 bridgehead atoms. The zero-order valence-electron chi connectivity index (χ0n) is 17.0. The fourth-order valence-corrected chi connectivity index (χ4v) is 2.60. The number of hydrogen-bond donors (Lipinski definition) is 0. The van der Waals surface area contributed by atoms with E-state index in [0.717, 1.165) is 11.1 Å². The SMILES string of the molecule is Cc1ccc(-c2nnc([C@H](OC(=O)Oc3ccc([N+](=O)[O-])cc3)C(C)(C)C)o2)cc1. The van der Waals surface area contributed by atoms with Gasteiger partial charge in [-0.05, 0) is 31.2 Å². The zero-order chi connectivity index (χ0) is 21.9. The molecule has 30 heavy (non-hydrogen) atoms. The van der Waals surface area contributed by atoms with Crippen molar-refractivity contribution >= 4 is 11.8 Å². The van der Waals surface area contributed by atoms with Crippen LogP contribution in [0.2, 0.25) is 0 Å². The Balaban J connectivity index is 1.76. The van der Waals surface area contributed by atoms with Crippen LogP contribution < -0.4 is 4.74 Å². The van der Waals surface area contributed by atoms with Crippen LogP contribution in [-0.2, 0) is 4.74 Å². The molecule has 0 amide bonds. The van der Waals surface area contributed by atoms with Crippen molar-refractivity contribution in [2.24, 2.45) is 5.41 Å². The van der Waals surface area contributed by atoms with Crippen LogP contribution in [0.25, 0.3) is 11.5 Å². The minimum absolute atomic E-state index is 0.113. The van der Waals surface area contributed by atoms with Gasteiger partial charge < -0.3 is 13.9 Å². The van der Waals surface area contributed by atoms with Crippen molar-refractivity contribution < 1.29 is 23.6 Å². The first kappa shape index (κ1) is 21.0. The van der Waals surface area contributed by atoms with E-state index in [0.29, 0.717) is 5.89 Å². The maximum absolute atomic E-state index is 12.3. The first-order valence-corrected chi connectivity index (χ1v) is 9.17. The van der Waals surface area contributed by atoms with E-state index >= 15 is 0 Å². The summed E-state index contributed by atoms with van der Waals surface area (Å²) in [5.74, 6) is 0.564. The van der Waals surface area contributed by atoms with Gasteiger partial charge in [0.2, 0.25) is 5.89 Å². The maximum atomic E-state index is 12.3. The smallest absolute Gasteiger partial charge is 0.420 e. The molecule has 1 heterocycles. The number of aromatic nitrogens is 2. The molecule has 9 nitrogen and oxygen atoms in total. The lowest BCUT2D eigenvalue weighted by molar-refractivity contribution is -0.384. The standard InChI is InChI=1S/C21H21N3O6/c1-13-5-7-14(8-6-13)18-22-23-19(30-18)17(21(2,3)4)29-20(25)28-16-11-9-15(10-12-16)24(26)27/h5-12,17H,1-4H3/t17-/m0/s1. The van der Waals surface area contributed by atoms with Crippen molar-refractivity contribution in [1.29, 1.82) is 0 Å². The number of carbonyl (C=O) groups excluding carboxylic acids is 1. The first-order valence-electron chi connectivity index (χ1n) is 9.17. The molecule has 9 heteroatoms. The van der Waals surface area contributed by atoms with Gasteiger partial charge in [0.15, 0.2) is 6.10 Å². The quantitative estimate of drug-likeness (QED) is 0.242. The number of aryl methyl sites for hydroxylation is 1. The van der Waals surface area contributed by atoms with Gasteiger partial charge in [-0.2, -0.15) is 0 Å². The van der Waals surface area contributed by atoms with Crippen LogP contribution in [0.5, 0.6) is 5.75 Å². The predicted octanol–water partition coefficient (Wildman–Crippen LogP) is 5.26. The van der Waals surface area contributed by atoms with Crippen LogP contribution in [-0.4, -0.2) is 21.3 Å². The Bertz CT molecular complexity index is 1040. The van der Waals surface area contributed by atoms with Gasteiger partial charge in [0.05, 0.1) is 4.92 Å². The van der Waals surface area contributed by atoms with Crippen LogP contribution >= 0.6 is 0 Å². The third kappa shape index (κ3) is 4.99. The molecule has 0 saturated heterocycles. The molecule has 0 radical (unpaired) electrons. The van der Waals surface area contributed by atoms with Crippen molar-refractivity contribution in [2.45, 2.75) is 33.8 Å². The van der Waals surface area contributed by atoms with Gasteiger partial charge in [-0.15, -0.1) is 10.2 Å². The summed E-state index contributed by atoms with van der Waals surface area (Å²) in [4.78, 5) is 22.5. The molecule has 156 valence electrons. The Morgan fingerprint density at radius 3 is 2.27 bits per heavy atom. The minimum Gasteiger partial charge on any atom is -0.420 e. The van der Waals surface area contributed by atoms with E-state index in [9.17, 15) is 14.9 Å². The molecule has 3 aromatic rings. The highest BCUT2D eigenvalue weighted by Gasteiger charge is 2.35. The van der Waals surface area contributed by atoms with Gasteiger partial charge >= 0.3 is 6.16 Å². The fraction of sp³-hybridized carbons (Fsp3) is 0.286. The van der Waals surface area contributed by atoms with Crippen molar-refractivity contribution in [2.75, 3.05) is 0 Å². The molecular formula is C21H21N3O6. The molecule has 0 aliphatic heterocycles. The van der Waals surface area contributed by atoms with Gasteiger partial charge in [-0.1, -0.05) is 38.5 Å². The fourth-order valence-electron chi connectivity index (χ4n) is 2.60. The van der Waals surface area contributed by atoms with E-state index in [1.807, 2.05) is 52.0 Å². The largest absolute Gasteiger partial charge is 0.514 e. The molecule has 0 unspecified atom stereocenters. The second-order valence-corrected chi connectivity index (χ2v) is 7.78. The number of rotatable bonds is 5. The van der Waals surface area contributed by atoms with Gasteiger partial charge in [0.25, 0.3) is 11.6 Å². The van der Waals surface area contributed by atoms with Crippen molar-refractivity contribution in [1.82, 2.24) is 10.2 Å². The second-order valence-electron chi connectivity index (χ2n) is 7.78. The minimum atomic E-state index is -0.987. The molecule has 0 aliphatic carbocycles. The highest BCUT2D eigenvalue weighted by molar-refractivity contribution is 5.64. The molecule has 1 aromatic heterocycles. The molecule has 0 fully saturated rings. The summed E-state index contributed by atoms with van der Waals surface area (Å²) in [6.07, 6.45) is -1.85. The van der Waals surface area contributed by atoms with E-state index in [4.69, 9.17) is 13.9 Å². The summed E-state index contributed by atoms with van der Waals surface area (Å²) in [5.41, 5.74) is 1.17. The molecule has 3 rings (SSSR count). The third-order valence-corrected chi connectivity index (χ3v) is 4.21. The number of carbonyl (C=O) groups is 1. The van der Waals surface area contributed by atoms with Crippen LogP contribution in [0.15, 0.2) is 52.9 Å². The average molecular weight is 411 g/mol. The molecule has 0 N–H and O–H groups in total. The van der Waals surface area contributed by atoms with Gasteiger partial charge in [-0.25, -0.2) is 4.79 Å². The number of ether oxygens (including phenoxy) is 2. The third-order valence-electron chi connectivity index (χ3n) is 4.21. The lowest BCUT2D eigenvalue weighted by Crippen LogP contribution is -2.26. The van der Waals surface area contributed by atoms with Crippen molar-refractivity contribution in [3.05, 3.63) is 70.1 Å². The highest BCUT2D eigenvalue weighted by atomic mass is 16.7. The van der Waals surface area contributed by atoms with Crippen LogP contribution in [0.1, 0.15) is 38.3 Å². The zero-order valence-corrected chi connectivity index (χ0v) is 17.0. The lowest BCUT2D eigenvalue weighted by atomic mass is 9.89. The number of hydrogen-bond acceptors (Lipinski definition) is 8. The van der Waals surface area contributed by atoms with Gasteiger partial charge in [0.1, 0.15) is 5.75 Å². The van der Waals surface area contributed by atoms with E-state index in [1.54, 1.807) is 0 Å². The molecular weight excluding hydrogens is 390 g/mol. The molecule has 0 spiro atoms. The molecule has 0 saturated carbocycles. The number of non-ortho nitro benzene ring substituents is 1. The van der Waals surface area contributed by atoms with Crippen LogP contribution in [0.4, 0.5) is 10.5 Å². The van der Waals surface area contributed by atoms with Gasteiger partial charge in [0, 0.05) is 23.1 Å². The monoisotopic (exact) mass is 411 g/mol. The van der Waals surface area contributed by atoms with Crippen molar-refractivity contribution in [3.63, 3.8) is 0 Å². The second kappa shape index (κ2) is 8.32. The lowest BCUT2D eigenvalue weighted by Gasteiger charge is -2.26. The number of nitro groups is 1. The number of nitro benzene ring substituents is 1. The van der Waals surface area contributed by atoms with E-state index in [-0.39, 0.29) is 17.3 Å². The van der Waals surface area contributed by atoms with Crippen LogP contribution in [0.3, 0.4) is 0 Å². The summed E-state index contributed by atoms with van der Waals surface area (Å²) >= 11 is 0. The topological polar surface area (TPSA) is 118 Å². The van der Waals surface area contributed by atoms with Gasteiger partial charge in [-0.3, -0.25) is 10.1 Å². The first-order chi connectivity index (χ1) is 14.1. The van der Waals surface area contributed by atoms with E-state index < -0.39 is 22.6 Å². The van der Waals surface area contributed by atoms with Crippen molar-refractivity contribution in [3.8, 4) is 17.2 Å². The molecule has 0 aliphatic rings. The average Bonchev–Trinajstić information content (AvgIpc) is 3.16. The summed E-state index contributed by atoms with van der Waals surface area (Å²) < 4.78 is 16.3. The number of nitrogens with zero attached hydrogens (tertiary/aromatic N) is 3. The number of benzene rings is 2. The normalized spacial score (nSPS) is 12.3. The Labute approximate surface area is 172 Å². The summed E-state index contributed by atoms with van der Waals surface area (Å²) in [6, 6.07) is 12.7. The Hall–Kier alpha value is -3.75. The molecule has 1 atom stereocenters. The van der Waals surface area contributed by atoms with Crippen LogP contribution in [0, 0.1) is 22.5 Å².